The smallest absolute Gasteiger partial charge is 0.100 e. The van der Waals surface area contributed by atoms with Crippen molar-refractivity contribution in [2.75, 3.05) is 0 Å². The van der Waals surface area contributed by atoms with Crippen LogP contribution in [0.2, 0.25) is 0 Å². The van der Waals surface area contributed by atoms with E-state index in [4.69, 9.17) is 0 Å². The molecule has 1 unspecified atom stereocenters. The third kappa shape index (κ3) is 3.34. The quantitative estimate of drug-likeness (QED) is 0.651. The Hall–Kier alpha value is 0.790. The summed E-state index contributed by atoms with van der Waals surface area (Å²) in [5, 5.41) is 2.17. The Balaban J connectivity index is 2.62. The topological polar surface area (TPSA) is 0 Å². The fourth-order valence-corrected chi connectivity index (χ4v) is 2.64. The average molecular weight is 298 g/mol. The Bertz CT molecular complexity index is 185. The maximum absolute atomic E-state index is 3.48. The van der Waals surface area contributed by atoms with Crippen molar-refractivity contribution < 1.29 is 0 Å². The lowest BCUT2D eigenvalue weighted by Gasteiger charge is -2.02. The molecule has 0 saturated carbocycles. The van der Waals surface area contributed by atoms with Crippen LogP contribution in [0.5, 0.6) is 0 Å². The van der Waals surface area contributed by atoms with Gasteiger partial charge in [0.2, 0.25) is 0 Å². The molecule has 0 aromatic heterocycles. The minimum Gasteiger partial charge on any atom is -0.101 e. The number of alkyl halides is 2. The van der Waals surface area contributed by atoms with E-state index in [1.54, 1.807) is 11.8 Å². The second-order valence-electron chi connectivity index (χ2n) is 2.57. The van der Waals surface area contributed by atoms with Gasteiger partial charge in [0.25, 0.3) is 0 Å². The van der Waals surface area contributed by atoms with E-state index in [-0.39, 0.29) is 0 Å². The maximum Gasteiger partial charge on any atom is 0.100 e. The molecular weight excluding hydrogens is 288 g/mol. The zero-order valence-electron chi connectivity index (χ0n) is 6.26. The molecule has 1 aliphatic rings. The molecule has 0 bridgehead atoms. The van der Waals surface area contributed by atoms with E-state index >= 15 is 0 Å². The third-order valence-corrected chi connectivity index (χ3v) is 4.08. The minimum absolute atomic E-state index is 0.315. The first-order chi connectivity index (χ1) is 5.20. The number of hydrogen-bond donors (Lipinski definition) is 0. The number of halogens is 2. The van der Waals surface area contributed by atoms with Gasteiger partial charge in [-0.2, -0.15) is 0 Å². The number of rotatable bonds is 1. The van der Waals surface area contributed by atoms with Crippen molar-refractivity contribution in [3.05, 3.63) is 22.5 Å². The van der Waals surface area contributed by atoms with Crippen molar-refractivity contribution >= 4 is 43.6 Å². The van der Waals surface area contributed by atoms with Crippen molar-refractivity contribution in [3.8, 4) is 0 Å². The first kappa shape index (κ1) is 9.87. The molecule has 0 aliphatic carbocycles. The van der Waals surface area contributed by atoms with Gasteiger partial charge in [-0.25, -0.2) is 0 Å². The summed E-state index contributed by atoms with van der Waals surface area (Å²) in [6, 6.07) is 0. The van der Waals surface area contributed by atoms with Crippen LogP contribution in [-0.2, 0) is 0 Å². The molecular formula is C8H10Br2S. The van der Waals surface area contributed by atoms with Crippen LogP contribution in [0, 0.1) is 5.92 Å². The summed E-state index contributed by atoms with van der Waals surface area (Å²) in [4.78, 5) is 1.35. The number of hydrogen-bond acceptors (Lipinski definition) is 1. The van der Waals surface area contributed by atoms with Crippen molar-refractivity contribution in [2.24, 2.45) is 5.92 Å². The molecule has 0 spiro atoms. The van der Waals surface area contributed by atoms with Crippen molar-refractivity contribution in [1.82, 2.24) is 0 Å². The zero-order chi connectivity index (χ0) is 8.27. The molecule has 0 aromatic carbocycles. The van der Waals surface area contributed by atoms with E-state index in [2.05, 4.69) is 56.3 Å². The first-order valence-corrected chi connectivity index (χ1v) is 6.23. The average Bonchev–Trinajstić information content (AvgIpc) is 2.13. The second kappa shape index (κ2) is 4.73. The van der Waals surface area contributed by atoms with Crippen LogP contribution < -0.4 is 0 Å². The highest BCUT2D eigenvalue weighted by molar-refractivity contribution is 9.25. The predicted molar refractivity (Wildman–Crippen MR) is 60.2 cm³/mol. The van der Waals surface area contributed by atoms with Crippen molar-refractivity contribution in [1.29, 1.82) is 0 Å². The molecule has 1 aliphatic heterocycles. The van der Waals surface area contributed by atoms with Gasteiger partial charge in [-0.05, 0) is 17.7 Å². The maximum atomic E-state index is 3.48. The van der Waals surface area contributed by atoms with E-state index in [9.17, 15) is 0 Å². The highest BCUT2D eigenvalue weighted by Crippen LogP contribution is 2.33. The molecule has 0 fully saturated rings. The van der Waals surface area contributed by atoms with Gasteiger partial charge in [-0.3, -0.25) is 0 Å². The Kier molecular flexibility index (Phi) is 4.24. The standard InChI is InChI=1S/C8H10Br2S/c1-6-2-3-7(8(9)10)11-5-4-6/h3-6,8H,2H2,1H3. The Morgan fingerprint density at radius 3 is 3.00 bits per heavy atom. The molecule has 1 atom stereocenters. The largest absolute Gasteiger partial charge is 0.101 e. The second-order valence-corrected chi connectivity index (χ2v) is 6.61. The molecule has 0 nitrogen and oxygen atoms in total. The van der Waals surface area contributed by atoms with E-state index < -0.39 is 0 Å². The highest BCUT2D eigenvalue weighted by atomic mass is 79.9. The van der Waals surface area contributed by atoms with Gasteiger partial charge >= 0.3 is 0 Å². The van der Waals surface area contributed by atoms with Gasteiger partial charge < -0.3 is 0 Å². The van der Waals surface area contributed by atoms with Crippen molar-refractivity contribution in [3.63, 3.8) is 0 Å². The Morgan fingerprint density at radius 2 is 2.36 bits per heavy atom. The molecule has 0 N–H and O–H groups in total. The van der Waals surface area contributed by atoms with E-state index in [1.807, 2.05) is 0 Å². The van der Waals surface area contributed by atoms with Crippen LogP contribution in [0.15, 0.2) is 22.5 Å². The molecule has 1 heterocycles. The summed E-state index contributed by atoms with van der Waals surface area (Å²) in [5.41, 5.74) is 0. The minimum atomic E-state index is 0.315. The van der Waals surface area contributed by atoms with Crippen LogP contribution in [0.1, 0.15) is 13.3 Å². The van der Waals surface area contributed by atoms with Crippen LogP contribution in [0.4, 0.5) is 0 Å². The fraction of sp³-hybridized carbons (Fsp3) is 0.500. The molecule has 3 heteroatoms. The highest BCUT2D eigenvalue weighted by Gasteiger charge is 2.08. The summed E-state index contributed by atoms with van der Waals surface area (Å²) >= 11 is 8.75. The van der Waals surface area contributed by atoms with Gasteiger partial charge in [0.05, 0.1) is 0 Å². The zero-order valence-corrected chi connectivity index (χ0v) is 10.2. The van der Waals surface area contributed by atoms with E-state index in [1.165, 1.54) is 4.91 Å². The Morgan fingerprint density at radius 1 is 1.64 bits per heavy atom. The molecule has 0 saturated heterocycles. The van der Waals surface area contributed by atoms with E-state index in [0.29, 0.717) is 9.65 Å². The van der Waals surface area contributed by atoms with E-state index in [0.717, 1.165) is 6.42 Å². The van der Waals surface area contributed by atoms with Crippen LogP contribution in [0.3, 0.4) is 0 Å². The predicted octanol–water partition coefficient (Wildman–Crippen LogP) is 4.27. The molecule has 1 rings (SSSR count). The first-order valence-electron chi connectivity index (χ1n) is 3.51. The van der Waals surface area contributed by atoms with Crippen LogP contribution in [0.25, 0.3) is 0 Å². The summed E-state index contributed by atoms with van der Waals surface area (Å²) in [7, 11) is 0. The molecule has 11 heavy (non-hydrogen) atoms. The summed E-state index contributed by atoms with van der Waals surface area (Å²) < 4.78 is 0.315. The van der Waals surface area contributed by atoms with Gasteiger partial charge in [0.15, 0.2) is 0 Å². The van der Waals surface area contributed by atoms with Gasteiger partial charge in [-0.1, -0.05) is 50.9 Å². The third-order valence-electron chi connectivity index (χ3n) is 1.52. The summed E-state index contributed by atoms with van der Waals surface area (Å²) in [6.45, 7) is 2.23. The van der Waals surface area contributed by atoms with Crippen LogP contribution >= 0.6 is 43.6 Å². The monoisotopic (exact) mass is 296 g/mol. The normalized spacial score (nSPS) is 25.1. The van der Waals surface area contributed by atoms with Crippen molar-refractivity contribution in [2.45, 2.75) is 17.1 Å². The molecule has 0 amide bonds. The van der Waals surface area contributed by atoms with Gasteiger partial charge in [0.1, 0.15) is 3.74 Å². The fourth-order valence-electron chi connectivity index (χ4n) is 0.821. The van der Waals surface area contributed by atoms with Crippen LogP contribution in [-0.4, -0.2) is 3.74 Å². The lowest BCUT2D eigenvalue weighted by atomic mass is 10.1. The summed E-state index contributed by atoms with van der Waals surface area (Å²) in [6.07, 6.45) is 5.67. The molecule has 0 aromatic rings. The SMILES string of the molecule is CC1C=CSC(C(Br)Br)=CC1. The summed E-state index contributed by atoms with van der Waals surface area (Å²) in [5.74, 6) is 0.679. The van der Waals surface area contributed by atoms with Gasteiger partial charge in [-0.15, -0.1) is 11.8 Å². The Labute approximate surface area is 88.8 Å². The lowest BCUT2D eigenvalue weighted by molar-refractivity contribution is 0.746. The number of thioether (sulfide) groups is 1. The number of allylic oxidation sites excluding steroid dienone is 3. The lowest BCUT2D eigenvalue weighted by Crippen LogP contribution is -1.87. The molecule has 0 radical (unpaired) electrons. The molecule has 62 valence electrons. The van der Waals surface area contributed by atoms with Gasteiger partial charge in [0, 0.05) is 4.91 Å².